The lowest BCUT2D eigenvalue weighted by Gasteiger charge is -2.26. The molecule has 3 unspecified atom stereocenters. The molecule has 0 aliphatic carbocycles. The van der Waals surface area contributed by atoms with E-state index in [4.69, 9.17) is 4.74 Å². The molecule has 19 heavy (non-hydrogen) atoms. The minimum absolute atomic E-state index is 0.0669. The van der Waals surface area contributed by atoms with Crippen LogP contribution in [0.25, 0.3) is 0 Å². The molecular weight excluding hydrogens is 240 g/mol. The Morgan fingerprint density at radius 3 is 3.00 bits per heavy atom. The number of ether oxygens (including phenoxy) is 1. The summed E-state index contributed by atoms with van der Waals surface area (Å²) in [7, 11) is 0. The Labute approximate surface area is 113 Å². The van der Waals surface area contributed by atoms with Crippen LogP contribution in [-0.4, -0.2) is 31.6 Å². The minimum Gasteiger partial charge on any atom is -0.492 e. The van der Waals surface area contributed by atoms with Crippen molar-refractivity contribution in [1.29, 1.82) is 0 Å². The van der Waals surface area contributed by atoms with Gasteiger partial charge in [-0.2, -0.15) is 0 Å². The summed E-state index contributed by atoms with van der Waals surface area (Å²) in [4.78, 5) is 12.3. The Hall–Kier alpha value is -1.55. The SMILES string of the molecule is CC1CNCC1NC(=O)C1COc2ccccc2C1. The molecule has 2 aliphatic heterocycles. The van der Waals surface area contributed by atoms with E-state index in [1.165, 1.54) is 0 Å². The van der Waals surface area contributed by atoms with Crippen molar-refractivity contribution in [2.75, 3.05) is 19.7 Å². The predicted molar refractivity (Wildman–Crippen MR) is 73.1 cm³/mol. The average Bonchev–Trinajstić information content (AvgIpc) is 2.84. The Bertz CT molecular complexity index is 475. The zero-order chi connectivity index (χ0) is 13.2. The zero-order valence-electron chi connectivity index (χ0n) is 11.2. The van der Waals surface area contributed by atoms with Crippen LogP contribution in [0, 0.1) is 11.8 Å². The van der Waals surface area contributed by atoms with Crippen molar-refractivity contribution in [2.24, 2.45) is 11.8 Å². The van der Waals surface area contributed by atoms with Crippen molar-refractivity contribution < 1.29 is 9.53 Å². The van der Waals surface area contributed by atoms with Gasteiger partial charge in [0.2, 0.25) is 5.91 Å². The highest BCUT2D eigenvalue weighted by Crippen LogP contribution is 2.27. The van der Waals surface area contributed by atoms with Crippen molar-refractivity contribution in [3.63, 3.8) is 0 Å². The molecule has 0 aromatic heterocycles. The van der Waals surface area contributed by atoms with Crippen LogP contribution in [0.1, 0.15) is 12.5 Å². The van der Waals surface area contributed by atoms with E-state index < -0.39 is 0 Å². The molecule has 0 radical (unpaired) electrons. The van der Waals surface area contributed by atoms with Crippen LogP contribution in [0.5, 0.6) is 5.75 Å². The van der Waals surface area contributed by atoms with Crippen LogP contribution in [-0.2, 0) is 11.2 Å². The maximum Gasteiger partial charge on any atom is 0.227 e. The summed E-state index contributed by atoms with van der Waals surface area (Å²) in [5.74, 6) is 1.47. The highest BCUT2D eigenvalue weighted by Gasteiger charge is 2.30. The fraction of sp³-hybridized carbons (Fsp3) is 0.533. The molecule has 0 saturated carbocycles. The van der Waals surface area contributed by atoms with Crippen molar-refractivity contribution in [1.82, 2.24) is 10.6 Å². The molecule has 4 nitrogen and oxygen atoms in total. The monoisotopic (exact) mass is 260 g/mol. The highest BCUT2D eigenvalue weighted by molar-refractivity contribution is 5.80. The first-order chi connectivity index (χ1) is 9.24. The first-order valence-corrected chi connectivity index (χ1v) is 6.96. The number of fused-ring (bicyclic) bond motifs is 1. The molecule has 1 fully saturated rings. The number of para-hydroxylation sites is 1. The number of hydrogen-bond donors (Lipinski definition) is 2. The lowest BCUT2D eigenvalue weighted by atomic mass is 9.95. The third kappa shape index (κ3) is 2.59. The van der Waals surface area contributed by atoms with Gasteiger partial charge in [-0.15, -0.1) is 0 Å². The lowest BCUT2D eigenvalue weighted by molar-refractivity contribution is -0.127. The number of amides is 1. The number of carbonyl (C=O) groups is 1. The summed E-state index contributed by atoms with van der Waals surface area (Å²) in [6, 6.07) is 8.21. The van der Waals surface area contributed by atoms with E-state index in [-0.39, 0.29) is 17.9 Å². The molecule has 4 heteroatoms. The molecular formula is C15H20N2O2. The van der Waals surface area contributed by atoms with Gasteiger partial charge in [-0.1, -0.05) is 25.1 Å². The average molecular weight is 260 g/mol. The van der Waals surface area contributed by atoms with E-state index in [2.05, 4.69) is 17.6 Å². The maximum atomic E-state index is 12.3. The third-order valence-corrected chi connectivity index (χ3v) is 4.09. The van der Waals surface area contributed by atoms with E-state index in [0.717, 1.165) is 30.8 Å². The second-order valence-electron chi connectivity index (χ2n) is 5.57. The quantitative estimate of drug-likeness (QED) is 0.833. The molecule has 3 atom stereocenters. The summed E-state index contributed by atoms with van der Waals surface area (Å²) < 4.78 is 5.67. The molecule has 2 heterocycles. The molecule has 1 aromatic carbocycles. The first-order valence-electron chi connectivity index (χ1n) is 6.96. The second-order valence-corrected chi connectivity index (χ2v) is 5.57. The summed E-state index contributed by atoms with van der Waals surface area (Å²) in [5.41, 5.74) is 1.13. The molecule has 1 amide bonds. The Balaban J connectivity index is 1.63. The molecule has 1 aromatic rings. The number of nitrogens with one attached hydrogen (secondary N) is 2. The standard InChI is InChI=1S/C15H20N2O2/c1-10-7-16-8-13(10)17-15(18)12-6-11-4-2-3-5-14(11)19-9-12/h2-5,10,12-13,16H,6-9H2,1H3,(H,17,18). The van der Waals surface area contributed by atoms with Gasteiger partial charge in [0.1, 0.15) is 12.4 Å². The van der Waals surface area contributed by atoms with E-state index in [9.17, 15) is 4.79 Å². The van der Waals surface area contributed by atoms with Crippen molar-refractivity contribution >= 4 is 5.91 Å². The van der Waals surface area contributed by atoms with Gasteiger partial charge in [-0.05, 0) is 30.5 Å². The van der Waals surface area contributed by atoms with Gasteiger partial charge >= 0.3 is 0 Å². The fourth-order valence-electron chi connectivity index (χ4n) is 2.80. The van der Waals surface area contributed by atoms with Crippen LogP contribution in [0.2, 0.25) is 0 Å². The number of benzene rings is 1. The Morgan fingerprint density at radius 2 is 2.21 bits per heavy atom. The minimum atomic E-state index is -0.0669. The van der Waals surface area contributed by atoms with E-state index in [1.807, 2.05) is 24.3 Å². The summed E-state index contributed by atoms with van der Waals surface area (Å²) in [6.07, 6.45) is 0.774. The topological polar surface area (TPSA) is 50.4 Å². The molecule has 102 valence electrons. The van der Waals surface area contributed by atoms with Gasteiger partial charge < -0.3 is 15.4 Å². The Morgan fingerprint density at radius 1 is 1.37 bits per heavy atom. The molecule has 3 rings (SSSR count). The maximum absolute atomic E-state index is 12.3. The summed E-state index contributed by atoms with van der Waals surface area (Å²) in [5, 5.41) is 6.45. The van der Waals surface area contributed by atoms with Crippen LogP contribution < -0.4 is 15.4 Å². The smallest absolute Gasteiger partial charge is 0.227 e. The van der Waals surface area contributed by atoms with Gasteiger partial charge in [0.15, 0.2) is 0 Å². The van der Waals surface area contributed by atoms with Gasteiger partial charge in [-0.3, -0.25) is 4.79 Å². The van der Waals surface area contributed by atoms with Gasteiger partial charge in [0.05, 0.1) is 5.92 Å². The van der Waals surface area contributed by atoms with Gasteiger partial charge in [0.25, 0.3) is 0 Å². The van der Waals surface area contributed by atoms with Gasteiger partial charge in [0, 0.05) is 12.6 Å². The third-order valence-electron chi connectivity index (χ3n) is 4.09. The molecule has 0 spiro atoms. The van der Waals surface area contributed by atoms with E-state index in [1.54, 1.807) is 0 Å². The predicted octanol–water partition coefficient (Wildman–Crippen LogP) is 0.962. The zero-order valence-corrected chi connectivity index (χ0v) is 11.2. The van der Waals surface area contributed by atoms with E-state index in [0.29, 0.717) is 12.5 Å². The van der Waals surface area contributed by atoms with Crippen LogP contribution >= 0.6 is 0 Å². The summed E-state index contributed by atoms with van der Waals surface area (Å²) >= 11 is 0. The molecule has 2 aliphatic rings. The summed E-state index contributed by atoms with van der Waals surface area (Å²) in [6.45, 7) is 4.50. The highest BCUT2D eigenvalue weighted by atomic mass is 16.5. The lowest BCUT2D eigenvalue weighted by Crippen LogP contribution is -2.45. The van der Waals surface area contributed by atoms with Crippen LogP contribution in [0.3, 0.4) is 0 Å². The molecule has 2 N–H and O–H groups in total. The van der Waals surface area contributed by atoms with Crippen molar-refractivity contribution in [3.05, 3.63) is 29.8 Å². The first kappa shape index (κ1) is 12.5. The fourth-order valence-corrected chi connectivity index (χ4v) is 2.80. The molecule has 1 saturated heterocycles. The van der Waals surface area contributed by atoms with E-state index >= 15 is 0 Å². The number of hydrogen-bond acceptors (Lipinski definition) is 3. The van der Waals surface area contributed by atoms with Crippen molar-refractivity contribution in [2.45, 2.75) is 19.4 Å². The van der Waals surface area contributed by atoms with Crippen molar-refractivity contribution in [3.8, 4) is 5.75 Å². The number of carbonyl (C=O) groups excluding carboxylic acids is 1. The van der Waals surface area contributed by atoms with Crippen LogP contribution in [0.15, 0.2) is 24.3 Å². The van der Waals surface area contributed by atoms with Crippen LogP contribution in [0.4, 0.5) is 0 Å². The normalized spacial score (nSPS) is 29.4. The molecule has 0 bridgehead atoms. The Kier molecular flexibility index (Phi) is 3.42. The second kappa shape index (κ2) is 5.21. The largest absolute Gasteiger partial charge is 0.492 e. The number of rotatable bonds is 2. The van der Waals surface area contributed by atoms with Gasteiger partial charge in [-0.25, -0.2) is 0 Å².